The van der Waals surface area contributed by atoms with Crippen LogP contribution in [0.5, 0.6) is 0 Å². The van der Waals surface area contributed by atoms with Gasteiger partial charge in [0.15, 0.2) is 0 Å². The standard InChI is InChI=1S/C20H23N3O4S2/c1-2-10-21-19(24)15-5-3-6-17(14-15)29(26,27)23-11-8-16(9-12-23)22-20(25)18-7-4-13-28-18/h2-7,13-14,16H,1,8-12H2,(H,21,24)(H,22,25). The number of carbonyl (C=O) groups excluding carboxylic acids is 2. The van der Waals surface area contributed by atoms with Gasteiger partial charge in [-0.2, -0.15) is 4.31 Å². The topological polar surface area (TPSA) is 95.6 Å². The van der Waals surface area contributed by atoms with Crippen LogP contribution in [0, 0.1) is 0 Å². The number of carbonyl (C=O) groups is 2. The van der Waals surface area contributed by atoms with Crippen LogP contribution in [0.25, 0.3) is 0 Å². The molecule has 29 heavy (non-hydrogen) atoms. The molecule has 154 valence electrons. The molecule has 1 aromatic carbocycles. The zero-order chi connectivity index (χ0) is 20.9. The van der Waals surface area contributed by atoms with Gasteiger partial charge < -0.3 is 10.6 Å². The zero-order valence-electron chi connectivity index (χ0n) is 15.8. The first kappa shape index (κ1) is 21.2. The molecule has 1 fully saturated rings. The van der Waals surface area contributed by atoms with Gasteiger partial charge in [-0.3, -0.25) is 9.59 Å². The maximum Gasteiger partial charge on any atom is 0.261 e. The van der Waals surface area contributed by atoms with Gasteiger partial charge in [0.25, 0.3) is 11.8 Å². The molecule has 9 heteroatoms. The van der Waals surface area contributed by atoms with E-state index in [1.54, 1.807) is 24.3 Å². The van der Waals surface area contributed by atoms with Crippen LogP contribution >= 0.6 is 11.3 Å². The Labute approximate surface area is 174 Å². The summed E-state index contributed by atoms with van der Waals surface area (Å²) in [5, 5.41) is 7.45. The van der Waals surface area contributed by atoms with E-state index in [9.17, 15) is 18.0 Å². The Hall–Kier alpha value is -2.49. The SMILES string of the molecule is C=CCNC(=O)c1cccc(S(=O)(=O)N2CCC(NC(=O)c3cccs3)CC2)c1. The second-order valence-corrected chi connectivity index (χ2v) is 9.54. The Morgan fingerprint density at radius 1 is 1.17 bits per heavy atom. The molecular formula is C20H23N3O4S2. The number of benzene rings is 1. The summed E-state index contributed by atoms with van der Waals surface area (Å²) in [6, 6.07) is 9.53. The van der Waals surface area contributed by atoms with Crippen molar-refractivity contribution in [3.8, 4) is 0 Å². The summed E-state index contributed by atoms with van der Waals surface area (Å²) >= 11 is 1.37. The molecule has 3 rings (SSSR count). The van der Waals surface area contributed by atoms with Crippen LogP contribution in [0.1, 0.15) is 32.9 Å². The van der Waals surface area contributed by atoms with E-state index in [1.165, 1.54) is 27.8 Å². The van der Waals surface area contributed by atoms with Crippen molar-refractivity contribution in [2.24, 2.45) is 0 Å². The Morgan fingerprint density at radius 3 is 2.59 bits per heavy atom. The molecule has 0 saturated carbocycles. The minimum absolute atomic E-state index is 0.0629. The van der Waals surface area contributed by atoms with E-state index in [2.05, 4.69) is 17.2 Å². The van der Waals surface area contributed by atoms with Gasteiger partial charge in [-0.05, 0) is 42.5 Å². The fourth-order valence-electron chi connectivity index (χ4n) is 3.12. The highest BCUT2D eigenvalue weighted by Crippen LogP contribution is 2.22. The summed E-state index contributed by atoms with van der Waals surface area (Å²) in [6.45, 7) is 4.47. The predicted octanol–water partition coefficient (Wildman–Crippen LogP) is 2.25. The number of amides is 2. The molecule has 1 aliphatic heterocycles. The summed E-state index contributed by atoms with van der Waals surface area (Å²) in [6.07, 6.45) is 2.63. The second kappa shape index (κ2) is 9.34. The third-order valence-electron chi connectivity index (χ3n) is 4.68. The lowest BCUT2D eigenvalue weighted by Gasteiger charge is -2.31. The molecule has 0 spiro atoms. The van der Waals surface area contributed by atoms with Gasteiger partial charge in [-0.1, -0.05) is 18.2 Å². The van der Waals surface area contributed by atoms with Gasteiger partial charge in [0.2, 0.25) is 10.0 Å². The number of hydrogen-bond acceptors (Lipinski definition) is 5. The minimum atomic E-state index is -3.71. The van der Waals surface area contributed by atoms with Crippen LogP contribution < -0.4 is 10.6 Å². The van der Waals surface area contributed by atoms with E-state index in [1.807, 2.05) is 11.4 Å². The van der Waals surface area contributed by atoms with Crippen molar-refractivity contribution in [1.82, 2.24) is 14.9 Å². The molecule has 0 aliphatic carbocycles. The molecule has 1 saturated heterocycles. The van der Waals surface area contributed by atoms with Gasteiger partial charge in [0, 0.05) is 31.2 Å². The van der Waals surface area contributed by atoms with Gasteiger partial charge >= 0.3 is 0 Å². The molecular weight excluding hydrogens is 410 g/mol. The fraction of sp³-hybridized carbons (Fsp3) is 0.300. The molecule has 0 unspecified atom stereocenters. The normalized spacial score (nSPS) is 15.6. The average molecular weight is 434 g/mol. The minimum Gasteiger partial charge on any atom is -0.349 e. The number of hydrogen-bond donors (Lipinski definition) is 2. The van der Waals surface area contributed by atoms with Crippen LogP contribution in [-0.2, 0) is 10.0 Å². The first-order valence-electron chi connectivity index (χ1n) is 9.25. The maximum absolute atomic E-state index is 13.0. The summed E-state index contributed by atoms with van der Waals surface area (Å²) in [4.78, 5) is 25.0. The quantitative estimate of drug-likeness (QED) is 0.655. The summed E-state index contributed by atoms with van der Waals surface area (Å²) in [5.74, 6) is -0.475. The van der Waals surface area contributed by atoms with Crippen LogP contribution in [0.4, 0.5) is 0 Å². The molecule has 1 aliphatic rings. The molecule has 0 bridgehead atoms. The lowest BCUT2D eigenvalue weighted by Crippen LogP contribution is -2.46. The molecule has 2 amide bonds. The van der Waals surface area contributed by atoms with Gasteiger partial charge in [0.05, 0.1) is 9.77 Å². The van der Waals surface area contributed by atoms with Gasteiger partial charge in [-0.25, -0.2) is 8.42 Å². The first-order valence-corrected chi connectivity index (χ1v) is 11.6. The second-order valence-electron chi connectivity index (χ2n) is 6.66. The van der Waals surface area contributed by atoms with Crippen molar-refractivity contribution >= 4 is 33.2 Å². The highest BCUT2D eigenvalue weighted by molar-refractivity contribution is 7.89. The van der Waals surface area contributed by atoms with E-state index in [4.69, 9.17) is 0 Å². The van der Waals surface area contributed by atoms with Crippen LogP contribution in [0.15, 0.2) is 59.3 Å². The number of nitrogens with zero attached hydrogens (tertiary/aromatic N) is 1. The third-order valence-corrected chi connectivity index (χ3v) is 7.44. The molecule has 0 radical (unpaired) electrons. The number of thiophene rings is 1. The van der Waals surface area contributed by atoms with Crippen molar-refractivity contribution in [3.05, 3.63) is 64.9 Å². The number of rotatable bonds is 7. The molecule has 7 nitrogen and oxygen atoms in total. The molecule has 0 atom stereocenters. The monoisotopic (exact) mass is 433 g/mol. The van der Waals surface area contributed by atoms with Crippen LogP contribution in [0.3, 0.4) is 0 Å². The largest absolute Gasteiger partial charge is 0.349 e. The van der Waals surface area contributed by atoms with Crippen molar-refractivity contribution in [2.75, 3.05) is 19.6 Å². The van der Waals surface area contributed by atoms with Crippen LogP contribution in [0.2, 0.25) is 0 Å². The number of nitrogens with one attached hydrogen (secondary N) is 2. The van der Waals surface area contributed by atoms with E-state index in [0.717, 1.165) is 0 Å². The van der Waals surface area contributed by atoms with E-state index in [-0.39, 0.29) is 28.3 Å². The first-order chi connectivity index (χ1) is 13.9. The number of sulfonamides is 1. The average Bonchev–Trinajstić information content (AvgIpc) is 3.27. The van der Waals surface area contributed by atoms with Crippen molar-refractivity contribution < 1.29 is 18.0 Å². The van der Waals surface area contributed by atoms with E-state index in [0.29, 0.717) is 37.4 Å². The molecule has 2 N–H and O–H groups in total. The Bertz CT molecular complexity index is 979. The van der Waals surface area contributed by atoms with E-state index < -0.39 is 10.0 Å². The third kappa shape index (κ3) is 5.11. The highest BCUT2D eigenvalue weighted by atomic mass is 32.2. The van der Waals surface area contributed by atoms with Crippen molar-refractivity contribution in [2.45, 2.75) is 23.8 Å². The summed E-state index contributed by atoms with van der Waals surface area (Å²) in [7, 11) is -3.71. The Balaban J connectivity index is 1.63. The highest BCUT2D eigenvalue weighted by Gasteiger charge is 2.30. The smallest absolute Gasteiger partial charge is 0.261 e. The van der Waals surface area contributed by atoms with Crippen molar-refractivity contribution in [1.29, 1.82) is 0 Å². The number of piperidine rings is 1. The van der Waals surface area contributed by atoms with Gasteiger partial charge in [0.1, 0.15) is 0 Å². The van der Waals surface area contributed by atoms with Gasteiger partial charge in [-0.15, -0.1) is 17.9 Å². The molecule has 1 aromatic heterocycles. The fourth-order valence-corrected chi connectivity index (χ4v) is 5.26. The van der Waals surface area contributed by atoms with Crippen LogP contribution in [-0.4, -0.2) is 50.2 Å². The zero-order valence-corrected chi connectivity index (χ0v) is 17.5. The lowest BCUT2D eigenvalue weighted by atomic mass is 10.1. The Morgan fingerprint density at radius 2 is 1.93 bits per heavy atom. The molecule has 2 aromatic rings. The predicted molar refractivity (Wildman–Crippen MR) is 113 cm³/mol. The van der Waals surface area contributed by atoms with Crippen molar-refractivity contribution in [3.63, 3.8) is 0 Å². The van der Waals surface area contributed by atoms with E-state index >= 15 is 0 Å². The Kier molecular flexibility index (Phi) is 6.83. The summed E-state index contributed by atoms with van der Waals surface area (Å²) < 4.78 is 27.4. The lowest BCUT2D eigenvalue weighted by molar-refractivity contribution is 0.0926. The maximum atomic E-state index is 13.0. The molecule has 2 heterocycles. The summed E-state index contributed by atoms with van der Waals surface area (Å²) in [5.41, 5.74) is 0.283.